The number of carbonyl (C=O) groups excluding carboxylic acids is 2. The molecule has 1 saturated carbocycles. The first-order chi connectivity index (χ1) is 13.5. The molecule has 1 aliphatic carbocycles. The minimum absolute atomic E-state index is 0.0802. The van der Waals surface area contributed by atoms with Gasteiger partial charge in [-0.2, -0.15) is 5.10 Å². The Bertz CT molecular complexity index is 1110. The van der Waals surface area contributed by atoms with Crippen molar-refractivity contribution in [2.75, 3.05) is 5.32 Å². The molecule has 2 aromatic heterocycles. The van der Waals surface area contributed by atoms with E-state index in [1.165, 1.54) is 6.20 Å². The van der Waals surface area contributed by atoms with E-state index in [1.54, 1.807) is 23.0 Å². The molecule has 0 bridgehead atoms. The number of fused-ring (bicyclic) bond motifs is 2. The molecule has 2 aliphatic rings. The quantitative estimate of drug-likeness (QED) is 0.759. The molecule has 0 atom stereocenters. The first-order valence-corrected chi connectivity index (χ1v) is 9.60. The maximum atomic E-state index is 12.9. The molecule has 2 amide bonds. The van der Waals surface area contributed by atoms with Crippen LogP contribution in [-0.4, -0.2) is 37.4 Å². The first-order valence-electron chi connectivity index (χ1n) is 9.60. The zero-order valence-electron chi connectivity index (χ0n) is 15.8. The fraction of sp³-hybridized carbons (Fsp3) is 0.333. The van der Waals surface area contributed by atoms with Crippen molar-refractivity contribution >= 4 is 23.1 Å². The van der Waals surface area contributed by atoms with Gasteiger partial charge in [-0.25, -0.2) is 9.50 Å². The Kier molecular flexibility index (Phi) is 3.72. The molecule has 1 aromatic carbocycles. The van der Waals surface area contributed by atoms with Crippen LogP contribution in [0, 0.1) is 0 Å². The van der Waals surface area contributed by atoms with E-state index < -0.39 is 0 Å². The second-order valence-corrected chi connectivity index (χ2v) is 7.80. The van der Waals surface area contributed by atoms with Gasteiger partial charge in [-0.05, 0) is 61.9 Å². The summed E-state index contributed by atoms with van der Waals surface area (Å²) in [6, 6.07) is 5.87. The Labute approximate surface area is 162 Å². The standard InChI is InChI=1S/C21H21N5O2/c1-12(2)25-11-14-8-18(15(13-4-5-13)9-16(14)21(25)28)24-20(27)17-10-23-26-7-3-6-22-19(17)26/h3,6-10,12-13H,4-5,11H2,1-2H3,(H,24,27). The Morgan fingerprint density at radius 1 is 1.29 bits per heavy atom. The van der Waals surface area contributed by atoms with Crippen molar-refractivity contribution in [2.45, 2.75) is 45.2 Å². The highest BCUT2D eigenvalue weighted by atomic mass is 16.2. The molecule has 1 fully saturated rings. The number of carbonyl (C=O) groups is 2. The number of hydrogen-bond donors (Lipinski definition) is 1. The molecule has 7 nitrogen and oxygen atoms in total. The molecule has 0 spiro atoms. The van der Waals surface area contributed by atoms with Crippen LogP contribution in [0.5, 0.6) is 0 Å². The zero-order valence-corrected chi connectivity index (χ0v) is 15.8. The van der Waals surface area contributed by atoms with E-state index >= 15 is 0 Å². The average molecular weight is 375 g/mol. The number of nitrogens with zero attached hydrogens (tertiary/aromatic N) is 4. The number of hydrogen-bond acceptors (Lipinski definition) is 4. The van der Waals surface area contributed by atoms with Crippen LogP contribution in [0.25, 0.3) is 5.65 Å². The lowest BCUT2D eigenvalue weighted by molar-refractivity contribution is 0.0730. The second-order valence-electron chi connectivity index (χ2n) is 7.80. The normalized spacial score (nSPS) is 16.1. The molecule has 7 heteroatoms. The van der Waals surface area contributed by atoms with Crippen molar-refractivity contribution < 1.29 is 9.59 Å². The number of nitrogens with one attached hydrogen (secondary N) is 1. The third-order valence-corrected chi connectivity index (χ3v) is 5.52. The van der Waals surface area contributed by atoms with Gasteiger partial charge in [0.05, 0.1) is 6.20 Å². The predicted molar refractivity (Wildman–Crippen MR) is 104 cm³/mol. The summed E-state index contributed by atoms with van der Waals surface area (Å²) >= 11 is 0. The van der Waals surface area contributed by atoms with Crippen LogP contribution >= 0.6 is 0 Å². The van der Waals surface area contributed by atoms with Crippen LogP contribution in [0.1, 0.15) is 64.4 Å². The largest absolute Gasteiger partial charge is 0.332 e. The van der Waals surface area contributed by atoms with E-state index in [0.717, 1.165) is 35.2 Å². The monoisotopic (exact) mass is 375 g/mol. The zero-order chi connectivity index (χ0) is 19.4. The van der Waals surface area contributed by atoms with Crippen molar-refractivity contribution in [3.8, 4) is 0 Å². The second kappa shape index (κ2) is 6.15. The van der Waals surface area contributed by atoms with Gasteiger partial charge in [0.1, 0.15) is 5.56 Å². The van der Waals surface area contributed by atoms with Gasteiger partial charge in [-0.15, -0.1) is 0 Å². The Morgan fingerprint density at radius 3 is 2.86 bits per heavy atom. The molecule has 1 N–H and O–H groups in total. The van der Waals surface area contributed by atoms with Crippen molar-refractivity contribution in [3.63, 3.8) is 0 Å². The maximum Gasteiger partial charge on any atom is 0.261 e. The highest BCUT2D eigenvalue weighted by Gasteiger charge is 2.34. The molecular weight excluding hydrogens is 354 g/mol. The number of anilines is 1. The number of benzene rings is 1. The van der Waals surface area contributed by atoms with E-state index in [9.17, 15) is 9.59 Å². The van der Waals surface area contributed by atoms with Gasteiger partial charge in [-0.1, -0.05) is 0 Å². The van der Waals surface area contributed by atoms with Gasteiger partial charge in [-0.3, -0.25) is 9.59 Å². The van der Waals surface area contributed by atoms with Crippen molar-refractivity contribution in [3.05, 3.63) is 59.0 Å². The van der Waals surface area contributed by atoms with E-state index in [1.807, 2.05) is 30.9 Å². The minimum Gasteiger partial charge on any atom is -0.332 e. The van der Waals surface area contributed by atoms with Crippen LogP contribution < -0.4 is 5.32 Å². The van der Waals surface area contributed by atoms with Gasteiger partial charge >= 0.3 is 0 Å². The summed E-state index contributed by atoms with van der Waals surface area (Å²) in [7, 11) is 0. The van der Waals surface area contributed by atoms with Gasteiger partial charge in [0, 0.05) is 36.2 Å². The Morgan fingerprint density at radius 2 is 2.11 bits per heavy atom. The number of aromatic nitrogens is 3. The van der Waals surface area contributed by atoms with E-state index in [2.05, 4.69) is 15.4 Å². The Hall–Kier alpha value is -3.22. The number of rotatable bonds is 4. The SMILES string of the molecule is CC(C)N1Cc2cc(NC(=O)c3cnn4cccnc34)c(C3CC3)cc2C1=O. The molecule has 0 unspecified atom stereocenters. The van der Waals surface area contributed by atoms with E-state index in [-0.39, 0.29) is 17.9 Å². The Balaban J connectivity index is 1.51. The van der Waals surface area contributed by atoms with Crippen LogP contribution in [0.15, 0.2) is 36.8 Å². The fourth-order valence-corrected chi connectivity index (χ4v) is 3.84. The molecule has 3 aromatic rings. The lowest BCUT2D eigenvalue weighted by Crippen LogP contribution is -2.30. The van der Waals surface area contributed by atoms with Crippen molar-refractivity contribution in [2.24, 2.45) is 0 Å². The summed E-state index contributed by atoms with van der Waals surface area (Å²) in [5.74, 6) is 0.251. The van der Waals surface area contributed by atoms with E-state index in [4.69, 9.17) is 0 Å². The van der Waals surface area contributed by atoms with Gasteiger partial charge < -0.3 is 10.2 Å². The lowest BCUT2D eigenvalue weighted by atomic mass is 10.0. The fourth-order valence-electron chi connectivity index (χ4n) is 3.84. The van der Waals surface area contributed by atoms with Crippen LogP contribution in [-0.2, 0) is 6.54 Å². The summed E-state index contributed by atoms with van der Waals surface area (Å²) in [6.07, 6.45) is 7.11. The molecule has 142 valence electrons. The van der Waals surface area contributed by atoms with Crippen LogP contribution in [0.3, 0.4) is 0 Å². The summed E-state index contributed by atoms with van der Waals surface area (Å²) < 4.78 is 1.58. The lowest BCUT2D eigenvalue weighted by Gasteiger charge is -2.19. The van der Waals surface area contributed by atoms with Crippen LogP contribution in [0.2, 0.25) is 0 Å². The molecule has 0 radical (unpaired) electrons. The molecule has 1 aliphatic heterocycles. The van der Waals surface area contributed by atoms with Crippen molar-refractivity contribution in [1.29, 1.82) is 0 Å². The van der Waals surface area contributed by atoms with Crippen molar-refractivity contribution in [1.82, 2.24) is 19.5 Å². The summed E-state index contributed by atoms with van der Waals surface area (Å²) in [6.45, 7) is 4.62. The van der Waals surface area contributed by atoms with Crippen LogP contribution in [0.4, 0.5) is 5.69 Å². The summed E-state index contributed by atoms with van der Waals surface area (Å²) in [5.41, 5.74) is 4.54. The summed E-state index contributed by atoms with van der Waals surface area (Å²) in [4.78, 5) is 31.8. The van der Waals surface area contributed by atoms with Gasteiger partial charge in [0.25, 0.3) is 11.8 Å². The first kappa shape index (κ1) is 16.9. The van der Waals surface area contributed by atoms with Gasteiger partial charge in [0.2, 0.25) is 0 Å². The third-order valence-electron chi connectivity index (χ3n) is 5.52. The predicted octanol–water partition coefficient (Wildman–Crippen LogP) is 3.22. The minimum atomic E-state index is -0.236. The maximum absolute atomic E-state index is 12.9. The van der Waals surface area contributed by atoms with E-state index in [0.29, 0.717) is 23.7 Å². The highest BCUT2D eigenvalue weighted by molar-refractivity contribution is 6.09. The molecule has 28 heavy (non-hydrogen) atoms. The topological polar surface area (TPSA) is 79.6 Å². The number of amides is 2. The smallest absolute Gasteiger partial charge is 0.261 e. The third kappa shape index (κ3) is 2.66. The molecule has 0 saturated heterocycles. The molecular formula is C21H21N5O2. The molecule has 3 heterocycles. The molecule has 5 rings (SSSR count). The summed E-state index contributed by atoms with van der Waals surface area (Å²) in [5, 5.41) is 7.24. The van der Waals surface area contributed by atoms with Gasteiger partial charge in [0.15, 0.2) is 5.65 Å². The highest BCUT2D eigenvalue weighted by Crippen LogP contribution is 2.45. The average Bonchev–Trinajstić information content (AvgIpc) is 3.35.